The number of nitrogens with zero attached hydrogens (tertiary/aromatic N) is 3. The van der Waals surface area contributed by atoms with Gasteiger partial charge in [-0.05, 0) is 31.4 Å². The molecular formula is C23H33N3O2. The summed E-state index contributed by atoms with van der Waals surface area (Å²) in [5, 5.41) is 0. The fourth-order valence-electron chi connectivity index (χ4n) is 3.05. The Morgan fingerprint density at radius 1 is 1.04 bits per heavy atom. The lowest BCUT2D eigenvalue weighted by atomic mass is 10.0. The van der Waals surface area contributed by atoms with Crippen molar-refractivity contribution in [2.24, 2.45) is 0 Å². The lowest BCUT2D eigenvalue weighted by Gasteiger charge is -2.30. The summed E-state index contributed by atoms with van der Waals surface area (Å²) in [6, 6.07) is 10.4. The predicted octanol–water partition coefficient (Wildman–Crippen LogP) is 4.96. The lowest BCUT2D eigenvalue weighted by molar-refractivity contribution is -0.0238. The van der Waals surface area contributed by atoms with Gasteiger partial charge in [-0.25, -0.2) is 0 Å². The van der Waals surface area contributed by atoms with E-state index < -0.39 is 0 Å². The fourth-order valence-corrected chi connectivity index (χ4v) is 3.05. The zero-order valence-corrected chi connectivity index (χ0v) is 17.4. The largest absolute Gasteiger partial charge is 0.491 e. The van der Waals surface area contributed by atoms with Crippen molar-refractivity contribution < 1.29 is 14.3 Å². The third-order valence-corrected chi connectivity index (χ3v) is 4.74. The van der Waals surface area contributed by atoms with E-state index in [0.717, 1.165) is 50.2 Å². The maximum absolute atomic E-state index is 9.49. The molecule has 0 bridgehead atoms. The van der Waals surface area contributed by atoms with E-state index in [4.69, 9.17) is 9.47 Å². The van der Waals surface area contributed by atoms with Crippen molar-refractivity contribution >= 4 is 5.71 Å². The summed E-state index contributed by atoms with van der Waals surface area (Å²) in [6.07, 6.45) is 7.56. The molecule has 2 rings (SSSR count). The van der Waals surface area contributed by atoms with Crippen LogP contribution < -0.4 is 0 Å². The Hall–Kier alpha value is -2.36. The van der Waals surface area contributed by atoms with E-state index in [1.165, 1.54) is 5.56 Å². The van der Waals surface area contributed by atoms with E-state index in [1.54, 1.807) is 0 Å². The first-order chi connectivity index (χ1) is 13.7. The van der Waals surface area contributed by atoms with Gasteiger partial charge in [0.05, 0.1) is 18.4 Å². The van der Waals surface area contributed by atoms with E-state index in [0.29, 0.717) is 18.9 Å². The van der Waals surface area contributed by atoms with Crippen LogP contribution in [0, 0.1) is 0 Å². The quantitative estimate of drug-likeness (QED) is 0.291. The molecule has 1 aromatic rings. The van der Waals surface area contributed by atoms with Crippen LogP contribution in [0.15, 0.2) is 53.9 Å². The maximum atomic E-state index is 9.49. The highest BCUT2D eigenvalue weighted by molar-refractivity contribution is 5.97. The van der Waals surface area contributed by atoms with Gasteiger partial charge in [-0.3, -0.25) is 0 Å². The highest BCUT2D eigenvalue weighted by atomic mass is 16.5. The van der Waals surface area contributed by atoms with Crippen molar-refractivity contribution in [3.05, 3.63) is 65.0 Å². The molecule has 0 saturated carbocycles. The first-order valence-electron chi connectivity index (χ1n) is 10.4. The normalized spacial score (nSPS) is 16.2. The predicted molar refractivity (Wildman–Crippen MR) is 113 cm³/mol. The second-order valence-electron chi connectivity index (χ2n) is 6.93. The first kappa shape index (κ1) is 21.9. The van der Waals surface area contributed by atoms with E-state index in [-0.39, 0.29) is 6.10 Å². The third kappa shape index (κ3) is 6.36. The summed E-state index contributed by atoms with van der Waals surface area (Å²) in [6.45, 7) is 9.30. The third-order valence-electron chi connectivity index (χ3n) is 4.74. The second-order valence-corrected chi connectivity index (χ2v) is 6.93. The number of unbranched alkanes of at least 4 members (excludes halogenated alkanes) is 2. The van der Waals surface area contributed by atoms with Crippen molar-refractivity contribution in [3.63, 3.8) is 0 Å². The summed E-state index contributed by atoms with van der Waals surface area (Å²) in [7, 11) is 0. The van der Waals surface area contributed by atoms with Gasteiger partial charge in [-0.15, -0.1) is 0 Å². The van der Waals surface area contributed by atoms with Gasteiger partial charge in [-0.2, -0.15) is 4.79 Å². The van der Waals surface area contributed by atoms with Gasteiger partial charge in [-0.1, -0.05) is 57.0 Å². The average Bonchev–Trinajstić information content (AvgIpc) is 2.73. The second kappa shape index (κ2) is 12.2. The smallest absolute Gasteiger partial charge is 0.328 e. The number of hydrogen-bond acceptors (Lipinski definition) is 3. The number of benzene rings is 1. The summed E-state index contributed by atoms with van der Waals surface area (Å²) in [4.78, 5) is 5.74. The Kier molecular flexibility index (Phi) is 9.53. The van der Waals surface area contributed by atoms with Crippen molar-refractivity contribution in [3.8, 4) is 0 Å². The first-order valence-corrected chi connectivity index (χ1v) is 10.4. The van der Waals surface area contributed by atoms with Crippen LogP contribution in [0.2, 0.25) is 0 Å². The molecule has 0 saturated heterocycles. The number of ether oxygens (including phenoxy) is 2. The van der Waals surface area contributed by atoms with Crippen LogP contribution in [0.5, 0.6) is 0 Å². The standard InChI is InChI=1S/C23H33N3O2/c1-4-7-14-27-22-17-21(23(16-20(22)25-24)28-15-8-5-2)26(6-3)18-19-12-10-9-11-13-19/h9-13,16-17,22H,4-8,14-15,18H2,1-3H3. The molecule has 1 aliphatic rings. The van der Waals surface area contributed by atoms with Gasteiger partial charge in [0.2, 0.25) is 0 Å². The van der Waals surface area contributed by atoms with Crippen molar-refractivity contribution in [1.29, 1.82) is 0 Å². The molecular weight excluding hydrogens is 350 g/mol. The number of hydrogen-bond donors (Lipinski definition) is 0. The minimum Gasteiger partial charge on any atom is -0.491 e. The molecule has 152 valence electrons. The molecule has 28 heavy (non-hydrogen) atoms. The van der Waals surface area contributed by atoms with Crippen LogP contribution in [0.1, 0.15) is 52.0 Å². The summed E-state index contributed by atoms with van der Waals surface area (Å²) >= 11 is 0. The Morgan fingerprint density at radius 2 is 1.75 bits per heavy atom. The molecule has 0 N–H and O–H groups in total. The highest BCUT2D eigenvalue weighted by Crippen LogP contribution is 2.25. The van der Waals surface area contributed by atoms with Crippen molar-refractivity contribution in [1.82, 2.24) is 4.90 Å². The van der Waals surface area contributed by atoms with Crippen LogP contribution >= 0.6 is 0 Å². The molecule has 0 heterocycles. The Labute approximate surface area is 169 Å². The van der Waals surface area contributed by atoms with E-state index in [9.17, 15) is 5.53 Å². The number of likely N-dealkylation sites (N-methyl/N-ethyl adjacent to an activating group) is 1. The lowest BCUT2D eigenvalue weighted by Crippen LogP contribution is -2.33. The van der Waals surface area contributed by atoms with E-state index in [1.807, 2.05) is 18.2 Å². The van der Waals surface area contributed by atoms with Crippen LogP contribution in [0.25, 0.3) is 5.53 Å². The van der Waals surface area contributed by atoms with Crippen LogP contribution in [-0.2, 0) is 16.0 Å². The molecule has 1 aromatic carbocycles. The molecule has 5 heteroatoms. The highest BCUT2D eigenvalue weighted by Gasteiger charge is 2.31. The van der Waals surface area contributed by atoms with Crippen molar-refractivity contribution in [2.45, 2.75) is 59.1 Å². The Balaban J connectivity index is 2.27. The van der Waals surface area contributed by atoms with Crippen LogP contribution in [0.4, 0.5) is 0 Å². The number of rotatable bonds is 12. The Morgan fingerprint density at radius 3 is 2.39 bits per heavy atom. The minimum absolute atomic E-state index is 0.366. The zero-order valence-electron chi connectivity index (χ0n) is 17.4. The topological polar surface area (TPSA) is 58.1 Å². The molecule has 1 atom stereocenters. The summed E-state index contributed by atoms with van der Waals surface area (Å²) < 4.78 is 12.0. The van der Waals surface area contributed by atoms with Gasteiger partial charge in [0, 0.05) is 19.7 Å². The van der Waals surface area contributed by atoms with Gasteiger partial charge in [0.1, 0.15) is 5.76 Å². The molecule has 0 radical (unpaired) electrons. The molecule has 0 amide bonds. The monoisotopic (exact) mass is 383 g/mol. The molecule has 0 spiro atoms. The van der Waals surface area contributed by atoms with Gasteiger partial charge >= 0.3 is 5.71 Å². The minimum atomic E-state index is -0.366. The fraction of sp³-hybridized carbons (Fsp3) is 0.522. The van der Waals surface area contributed by atoms with Gasteiger partial charge in [0.25, 0.3) is 0 Å². The van der Waals surface area contributed by atoms with Crippen molar-refractivity contribution in [2.75, 3.05) is 19.8 Å². The van der Waals surface area contributed by atoms with E-state index >= 15 is 0 Å². The molecule has 0 fully saturated rings. The van der Waals surface area contributed by atoms with Crippen LogP contribution in [-0.4, -0.2) is 41.3 Å². The molecule has 1 aliphatic carbocycles. The zero-order chi connectivity index (χ0) is 20.2. The van der Waals surface area contributed by atoms with Gasteiger partial charge in [0.15, 0.2) is 6.10 Å². The maximum Gasteiger partial charge on any atom is 0.328 e. The molecule has 0 aliphatic heterocycles. The van der Waals surface area contributed by atoms with E-state index in [2.05, 4.69) is 54.7 Å². The summed E-state index contributed by atoms with van der Waals surface area (Å²) in [5.41, 5.74) is 12.2. The SMILES string of the molecule is CCCCOC1=CC(=[N+]=[N-])C(OCCCC)C=C1N(CC)Cc1ccccc1. The van der Waals surface area contributed by atoms with Crippen LogP contribution in [0.3, 0.4) is 0 Å². The molecule has 5 nitrogen and oxygen atoms in total. The molecule has 0 aromatic heterocycles. The molecule has 1 unspecified atom stereocenters. The summed E-state index contributed by atoms with van der Waals surface area (Å²) in [5.74, 6) is 0.745. The van der Waals surface area contributed by atoms with Gasteiger partial charge < -0.3 is 19.9 Å². The average molecular weight is 384 g/mol. The Bertz CT molecular complexity index is 706.